The van der Waals surface area contributed by atoms with E-state index in [2.05, 4.69) is 34.7 Å². The second-order valence-electron chi connectivity index (χ2n) is 6.18. The lowest BCUT2D eigenvalue weighted by Gasteiger charge is -2.08. The summed E-state index contributed by atoms with van der Waals surface area (Å²) in [5.74, 6) is 2.30. The number of hydrogen-bond acceptors (Lipinski definition) is 6. The zero-order valence-electron chi connectivity index (χ0n) is 15.4. The fourth-order valence-corrected chi connectivity index (χ4v) is 2.86. The summed E-state index contributed by atoms with van der Waals surface area (Å²) in [7, 11) is 1.65. The van der Waals surface area contributed by atoms with Crippen molar-refractivity contribution in [2.45, 2.75) is 13.5 Å². The number of fused-ring (bicyclic) bond motifs is 1. The summed E-state index contributed by atoms with van der Waals surface area (Å²) >= 11 is 0. The fraction of sp³-hybridized carbons (Fsp3) is 0.150. The van der Waals surface area contributed by atoms with Gasteiger partial charge in [-0.3, -0.25) is 0 Å². The molecule has 1 N–H and O–H groups in total. The molecule has 0 amide bonds. The molecule has 8 nitrogen and oxygen atoms in total. The summed E-state index contributed by atoms with van der Waals surface area (Å²) in [6.07, 6.45) is 5.05. The molecule has 138 valence electrons. The number of benzene rings is 1. The third-order valence-corrected chi connectivity index (χ3v) is 4.30. The van der Waals surface area contributed by atoms with E-state index in [4.69, 9.17) is 11.3 Å². The van der Waals surface area contributed by atoms with Crippen LogP contribution in [0.4, 0.5) is 17.5 Å². The van der Waals surface area contributed by atoms with Crippen LogP contribution in [0.1, 0.15) is 11.3 Å². The maximum Gasteiger partial charge on any atom is 0.291 e. The molecule has 3 heterocycles. The number of imidazole rings is 1. The maximum atomic E-state index is 7.06. The number of pyridine rings is 1. The zero-order chi connectivity index (χ0) is 19.5. The van der Waals surface area contributed by atoms with Crippen LogP contribution >= 0.6 is 0 Å². The molecule has 0 unspecified atom stereocenters. The van der Waals surface area contributed by atoms with Gasteiger partial charge < -0.3 is 19.5 Å². The molecule has 0 aliphatic heterocycles. The highest BCUT2D eigenvalue weighted by atomic mass is 16.5. The van der Waals surface area contributed by atoms with Crippen LogP contribution in [0.25, 0.3) is 15.9 Å². The van der Waals surface area contributed by atoms with E-state index < -0.39 is 0 Å². The number of aryl methyl sites for hydroxylation is 1. The van der Waals surface area contributed by atoms with Gasteiger partial charge in [0.25, 0.3) is 5.82 Å². The van der Waals surface area contributed by atoms with Gasteiger partial charge in [0, 0.05) is 12.6 Å². The van der Waals surface area contributed by atoms with Crippen LogP contribution in [0.15, 0.2) is 49.1 Å². The summed E-state index contributed by atoms with van der Waals surface area (Å²) in [4.78, 5) is 20.6. The average molecular weight is 371 g/mol. The smallest absolute Gasteiger partial charge is 0.291 e. The van der Waals surface area contributed by atoms with E-state index >= 15 is 0 Å². The molecule has 28 heavy (non-hydrogen) atoms. The van der Waals surface area contributed by atoms with Crippen LogP contribution in [0.5, 0.6) is 5.75 Å². The molecule has 0 aliphatic carbocycles. The molecule has 0 bridgehead atoms. The van der Waals surface area contributed by atoms with Crippen LogP contribution in [0.3, 0.4) is 0 Å². The Bertz CT molecular complexity index is 1180. The van der Waals surface area contributed by atoms with Crippen LogP contribution in [-0.4, -0.2) is 31.6 Å². The van der Waals surface area contributed by atoms with E-state index in [1.54, 1.807) is 26.6 Å². The van der Waals surface area contributed by atoms with Crippen molar-refractivity contribution in [3.05, 3.63) is 71.7 Å². The Morgan fingerprint density at radius 1 is 1.11 bits per heavy atom. The highest BCUT2D eigenvalue weighted by Gasteiger charge is 2.09. The quantitative estimate of drug-likeness (QED) is 0.536. The topological polar surface area (TPSA) is 82.1 Å². The van der Waals surface area contributed by atoms with Gasteiger partial charge in [0.2, 0.25) is 0 Å². The van der Waals surface area contributed by atoms with Gasteiger partial charge in [-0.15, -0.1) is 4.98 Å². The van der Waals surface area contributed by atoms with Gasteiger partial charge in [-0.25, -0.2) is 15.0 Å². The second-order valence-corrected chi connectivity index (χ2v) is 6.18. The average Bonchev–Trinajstić information content (AvgIpc) is 3.11. The third-order valence-electron chi connectivity index (χ3n) is 4.30. The van der Waals surface area contributed by atoms with Crippen molar-refractivity contribution in [2.75, 3.05) is 12.4 Å². The fourth-order valence-electron chi connectivity index (χ4n) is 2.86. The van der Waals surface area contributed by atoms with Crippen molar-refractivity contribution in [3.8, 4) is 5.75 Å². The zero-order valence-corrected chi connectivity index (χ0v) is 15.4. The first kappa shape index (κ1) is 17.4. The minimum atomic E-state index is 0.298. The van der Waals surface area contributed by atoms with Gasteiger partial charge in [0.1, 0.15) is 17.1 Å². The van der Waals surface area contributed by atoms with Crippen molar-refractivity contribution < 1.29 is 4.74 Å². The van der Waals surface area contributed by atoms with Gasteiger partial charge in [-0.05, 0) is 24.6 Å². The Labute approximate surface area is 161 Å². The molecule has 0 spiro atoms. The highest BCUT2D eigenvalue weighted by molar-refractivity contribution is 5.78. The first-order valence-electron chi connectivity index (χ1n) is 8.58. The number of nitrogens with one attached hydrogen (secondary N) is 1. The van der Waals surface area contributed by atoms with Crippen molar-refractivity contribution in [1.82, 2.24) is 24.5 Å². The van der Waals surface area contributed by atoms with Gasteiger partial charge in [-0.2, -0.15) is 0 Å². The summed E-state index contributed by atoms with van der Waals surface area (Å²) in [5.41, 5.74) is 3.48. The van der Waals surface area contributed by atoms with Crippen LogP contribution in [-0.2, 0) is 6.54 Å². The minimum absolute atomic E-state index is 0.298. The molecular weight excluding hydrogens is 354 g/mol. The summed E-state index contributed by atoms with van der Waals surface area (Å²) in [6.45, 7) is 9.50. The molecule has 0 fully saturated rings. The highest BCUT2D eigenvalue weighted by Crippen LogP contribution is 2.21. The lowest BCUT2D eigenvalue weighted by Crippen LogP contribution is -2.01. The van der Waals surface area contributed by atoms with Crippen LogP contribution in [0, 0.1) is 13.5 Å². The van der Waals surface area contributed by atoms with Crippen LogP contribution in [0.2, 0.25) is 0 Å². The summed E-state index contributed by atoms with van der Waals surface area (Å²) in [5, 5.41) is 3.14. The molecule has 4 aromatic rings. The van der Waals surface area contributed by atoms with Gasteiger partial charge in [0.05, 0.1) is 30.8 Å². The number of anilines is 2. The van der Waals surface area contributed by atoms with E-state index in [0.717, 1.165) is 22.3 Å². The Morgan fingerprint density at radius 3 is 2.64 bits per heavy atom. The SMILES string of the molecule is [C-]#[N+]c1ncc(Nc2cc3c(cn2)ncn3Cc2ccc(OC)cc2)nc1C. The normalized spacial score (nSPS) is 10.6. The van der Waals surface area contributed by atoms with E-state index in [-0.39, 0.29) is 0 Å². The van der Waals surface area contributed by atoms with E-state index in [0.29, 0.717) is 29.7 Å². The van der Waals surface area contributed by atoms with Gasteiger partial charge >= 0.3 is 0 Å². The largest absolute Gasteiger partial charge is 0.497 e. The molecule has 1 aromatic carbocycles. The minimum Gasteiger partial charge on any atom is -0.497 e. The summed E-state index contributed by atoms with van der Waals surface area (Å²) in [6, 6.07) is 9.86. The predicted octanol–water partition coefficient (Wildman–Crippen LogP) is 3.88. The van der Waals surface area contributed by atoms with Gasteiger partial charge in [-0.1, -0.05) is 18.7 Å². The number of rotatable bonds is 5. The molecule has 0 atom stereocenters. The number of hydrogen-bond donors (Lipinski definition) is 1. The van der Waals surface area contributed by atoms with E-state index in [1.807, 2.05) is 30.3 Å². The maximum absolute atomic E-state index is 7.06. The van der Waals surface area contributed by atoms with Gasteiger partial charge in [0.15, 0.2) is 12.0 Å². The number of ether oxygens (including phenoxy) is 1. The molecule has 0 aliphatic rings. The Balaban J connectivity index is 1.60. The van der Waals surface area contributed by atoms with Crippen molar-refractivity contribution in [1.29, 1.82) is 0 Å². The Kier molecular flexibility index (Phi) is 4.56. The van der Waals surface area contributed by atoms with Crippen molar-refractivity contribution in [2.24, 2.45) is 0 Å². The molecule has 3 aromatic heterocycles. The Morgan fingerprint density at radius 2 is 1.93 bits per heavy atom. The first-order chi connectivity index (χ1) is 13.7. The molecule has 0 radical (unpaired) electrons. The van der Waals surface area contributed by atoms with Crippen molar-refractivity contribution >= 4 is 28.5 Å². The number of aromatic nitrogens is 5. The van der Waals surface area contributed by atoms with Crippen molar-refractivity contribution in [3.63, 3.8) is 0 Å². The van der Waals surface area contributed by atoms with Crippen LogP contribution < -0.4 is 10.1 Å². The Hall–Kier alpha value is -3.99. The lowest BCUT2D eigenvalue weighted by molar-refractivity contribution is 0.414. The molecule has 0 saturated carbocycles. The monoisotopic (exact) mass is 371 g/mol. The second kappa shape index (κ2) is 7.32. The molecular formula is C20H17N7O. The number of methoxy groups -OCH3 is 1. The first-order valence-corrected chi connectivity index (χ1v) is 8.58. The molecule has 8 heteroatoms. The molecule has 4 rings (SSSR count). The van der Waals surface area contributed by atoms with E-state index in [1.165, 1.54) is 6.20 Å². The summed E-state index contributed by atoms with van der Waals surface area (Å²) < 4.78 is 7.27. The lowest BCUT2D eigenvalue weighted by atomic mass is 10.2. The predicted molar refractivity (Wildman–Crippen MR) is 106 cm³/mol. The third kappa shape index (κ3) is 3.46. The number of nitrogens with zero attached hydrogens (tertiary/aromatic N) is 6. The molecule has 0 saturated heterocycles. The standard InChI is InChI=1S/C20H17N7O/c1-13-20(21-2)23-10-19(25-13)26-18-8-17-16(9-22-18)24-12-27(17)11-14-4-6-15(28-3)7-5-14/h4-10,12H,11H2,1,3H3,(H,22,25,26). The van der Waals surface area contributed by atoms with E-state index in [9.17, 15) is 0 Å².